The van der Waals surface area contributed by atoms with Gasteiger partial charge in [-0.05, 0) is 67.6 Å². The first-order valence-corrected chi connectivity index (χ1v) is 10.3. The van der Waals surface area contributed by atoms with Crippen molar-refractivity contribution >= 4 is 27.5 Å². The Bertz CT molecular complexity index is 697. The lowest BCUT2D eigenvalue weighted by Gasteiger charge is -2.38. The quantitative estimate of drug-likeness (QED) is 0.674. The topological polar surface area (TPSA) is 43.7 Å². The summed E-state index contributed by atoms with van der Waals surface area (Å²) < 4.78 is 1.02. The van der Waals surface area contributed by atoms with E-state index in [2.05, 4.69) is 20.8 Å². The Morgan fingerprint density at radius 3 is 2.27 bits per heavy atom. The van der Waals surface area contributed by atoms with Gasteiger partial charge in [0.05, 0.1) is 11.7 Å². The van der Waals surface area contributed by atoms with Crippen molar-refractivity contribution in [3.05, 3.63) is 69.2 Å². The standard InChI is InChI=1S/C21H25BrClNO2/c22-18-7-3-16(4-8-18)20(25)2-1-13-24-14-11-21(26,12-15-24)17-5-9-19(23)10-6-17/h3-10,20,25-26H,1-2,11-15H2. The zero-order chi connectivity index (χ0) is 18.6. The third kappa shape index (κ3) is 5.08. The number of halogens is 2. The van der Waals surface area contributed by atoms with Crippen LogP contribution in [0.4, 0.5) is 0 Å². The molecule has 2 aromatic rings. The van der Waals surface area contributed by atoms with Gasteiger partial charge < -0.3 is 15.1 Å². The predicted molar refractivity (Wildman–Crippen MR) is 109 cm³/mol. The molecular weight excluding hydrogens is 414 g/mol. The molecule has 2 aromatic carbocycles. The van der Waals surface area contributed by atoms with E-state index in [-0.39, 0.29) is 0 Å². The van der Waals surface area contributed by atoms with Crippen LogP contribution in [0.3, 0.4) is 0 Å². The van der Waals surface area contributed by atoms with Crippen molar-refractivity contribution in [3.8, 4) is 0 Å². The molecule has 0 aromatic heterocycles. The molecule has 1 unspecified atom stereocenters. The summed E-state index contributed by atoms with van der Waals surface area (Å²) >= 11 is 9.35. The van der Waals surface area contributed by atoms with Crippen LogP contribution in [-0.2, 0) is 5.60 Å². The van der Waals surface area contributed by atoms with Crippen molar-refractivity contribution in [2.75, 3.05) is 19.6 Å². The van der Waals surface area contributed by atoms with Gasteiger partial charge in [-0.15, -0.1) is 0 Å². The van der Waals surface area contributed by atoms with Crippen LogP contribution in [0.1, 0.15) is 42.9 Å². The van der Waals surface area contributed by atoms with Gasteiger partial charge in [0.2, 0.25) is 0 Å². The van der Waals surface area contributed by atoms with Gasteiger partial charge in [0.15, 0.2) is 0 Å². The molecule has 1 aliphatic heterocycles. The van der Waals surface area contributed by atoms with Crippen LogP contribution in [0.15, 0.2) is 53.0 Å². The fraction of sp³-hybridized carbons (Fsp3) is 0.429. The Morgan fingerprint density at radius 2 is 1.65 bits per heavy atom. The molecule has 0 aliphatic carbocycles. The lowest BCUT2D eigenvalue weighted by molar-refractivity contribution is -0.0266. The Hall–Kier alpha value is -0.910. The number of aliphatic hydroxyl groups is 2. The fourth-order valence-corrected chi connectivity index (χ4v) is 3.95. The summed E-state index contributed by atoms with van der Waals surface area (Å²) in [7, 11) is 0. The molecule has 0 saturated carbocycles. The molecule has 1 fully saturated rings. The number of likely N-dealkylation sites (tertiary alicyclic amines) is 1. The van der Waals surface area contributed by atoms with Crippen LogP contribution in [0.25, 0.3) is 0 Å². The maximum Gasteiger partial charge on any atom is 0.0920 e. The summed E-state index contributed by atoms with van der Waals surface area (Å²) in [5.74, 6) is 0. The van der Waals surface area contributed by atoms with Crippen LogP contribution in [-0.4, -0.2) is 34.7 Å². The number of hydrogen-bond donors (Lipinski definition) is 2. The fourth-order valence-electron chi connectivity index (χ4n) is 3.56. The first-order chi connectivity index (χ1) is 12.5. The van der Waals surface area contributed by atoms with E-state index in [0.717, 1.165) is 60.9 Å². The van der Waals surface area contributed by atoms with Crippen molar-refractivity contribution < 1.29 is 10.2 Å². The molecule has 1 heterocycles. The van der Waals surface area contributed by atoms with E-state index < -0.39 is 11.7 Å². The summed E-state index contributed by atoms with van der Waals surface area (Å²) in [5.41, 5.74) is 1.16. The second-order valence-electron chi connectivity index (χ2n) is 7.09. The Morgan fingerprint density at radius 1 is 1.04 bits per heavy atom. The van der Waals surface area contributed by atoms with E-state index in [0.29, 0.717) is 5.02 Å². The first kappa shape index (κ1) is 19.8. The molecule has 3 nitrogen and oxygen atoms in total. The highest BCUT2D eigenvalue weighted by Gasteiger charge is 2.33. The molecule has 0 spiro atoms. The Labute approximate surface area is 168 Å². The largest absolute Gasteiger partial charge is 0.388 e. The third-order valence-corrected chi connectivity index (χ3v) is 6.05. The van der Waals surface area contributed by atoms with Gasteiger partial charge in [-0.1, -0.05) is 51.8 Å². The minimum atomic E-state index is -0.752. The van der Waals surface area contributed by atoms with E-state index in [1.54, 1.807) is 0 Å². The number of aliphatic hydroxyl groups excluding tert-OH is 1. The number of piperidine rings is 1. The van der Waals surface area contributed by atoms with Crippen LogP contribution in [0.2, 0.25) is 5.02 Å². The summed E-state index contributed by atoms with van der Waals surface area (Å²) in [5, 5.41) is 21.9. The van der Waals surface area contributed by atoms with Crippen LogP contribution >= 0.6 is 27.5 Å². The normalized spacial score (nSPS) is 18.6. The molecule has 0 radical (unpaired) electrons. The minimum absolute atomic E-state index is 0.418. The predicted octanol–water partition coefficient (Wildman–Crippen LogP) is 4.90. The average Bonchev–Trinajstić information content (AvgIpc) is 2.64. The summed E-state index contributed by atoms with van der Waals surface area (Å²) in [6.45, 7) is 2.69. The van der Waals surface area contributed by atoms with Gasteiger partial charge in [0, 0.05) is 22.6 Å². The van der Waals surface area contributed by atoms with Gasteiger partial charge in [-0.3, -0.25) is 0 Å². The van der Waals surface area contributed by atoms with Crippen molar-refractivity contribution in [2.24, 2.45) is 0 Å². The molecule has 0 bridgehead atoms. The van der Waals surface area contributed by atoms with Crippen LogP contribution in [0, 0.1) is 0 Å². The molecule has 5 heteroatoms. The molecule has 0 amide bonds. The van der Waals surface area contributed by atoms with E-state index in [1.165, 1.54) is 0 Å². The highest BCUT2D eigenvalue weighted by molar-refractivity contribution is 9.10. The zero-order valence-electron chi connectivity index (χ0n) is 14.7. The average molecular weight is 439 g/mol. The SMILES string of the molecule is OC(CCCN1CCC(O)(c2ccc(Cl)cc2)CC1)c1ccc(Br)cc1. The lowest BCUT2D eigenvalue weighted by atomic mass is 9.84. The molecule has 3 rings (SSSR count). The third-order valence-electron chi connectivity index (χ3n) is 5.27. The van der Waals surface area contributed by atoms with Crippen molar-refractivity contribution in [3.63, 3.8) is 0 Å². The van der Waals surface area contributed by atoms with Crippen molar-refractivity contribution in [1.29, 1.82) is 0 Å². The smallest absolute Gasteiger partial charge is 0.0920 e. The molecule has 26 heavy (non-hydrogen) atoms. The number of rotatable bonds is 6. The number of hydrogen-bond acceptors (Lipinski definition) is 3. The number of benzene rings is 2. The van der Waals surface area contributed by atoms with Crippen LogP contribution < -0.4 is 0 Å². The highest BCUT2D eigenvalue weighted by atomic mass is 79.9. The van der Waals surface area contributed by atoms with E-state index >= 15 is 0 Å². The first-order valence-electron chi connectivity index (χ1n) is 9.11. The highest BCUT2D eigenvalue weighted by Crippen LogP contribution is 2.33. The zero-order valence-corrected chi connectivity index (χ0v) is 17.1. The Balaban J connectivity index is 1.44. The van der Waals surface area contributed by atoms with Crippen molar-refractivity contribution in [1.82, 2.24) is 4.90 Å². The van der Waals surface area contributed by atoms with Gasteiger partial charge in [0.1, 0.15) is 0 Å². The van der Waals surface area contributed by atoms with E-state index in [4.69, 9.17) is 11.6 Å². The second kappa shape index (κ2) is 8.85. The maximum atomic E-state index is 10.9. The molecular formula is C21H25BrClNO2. The van der Waals surface area contributed by atoms with Crippen LogP contribution in [0.5, 0.6) is 0 Å². The van der Waals surface area contributed by atoms with E-state index in [1.807, 2.05) is 48.5 Å². The minimum Gasteiger partial charge on any atom is -0.388 e. The Kier molecular flexibility index (Phi) is 6.76. The van der Waals surface area contributed by atoms with Gasteiger partial charge >= 0.3 is 0 Å². The van der Waals surface area contributed by atoms with E-state index in [9.17, 15) is 10.2 Å². The second-order valence-corrected chi connectivity index (χ2v) is 8.44. The monoisotopic (exact) mass is 437 g/mol. The van der Waals surface area contributed by atoms with Gasteiger partial charge in [-0.2, -0.15) is 0 Å². The molecule has 1 aliphatic rings. The molecule has 2 N–H and O–H groups in total. The maximum absolute atomic E-state index is 10.9. The summed E-state index contributed by atoms with van der Waals surface area (Å²) in [4.78, 5) is 2.37. The van der Waals surface area contributed by atoms with Crippen molar-refractivity contribution in [2.45, 2.75) is 37.4 Å². The lowest BCUT2D eigenvalue weighted by Crippen LogP contribution is -2.42. The molecule has 140 valence electrons. The summed E-state index contributed by atoms with van der Waals surface area (Å²) in [6, 6.07) is 15.4. The number of nitrogens with zero attached hydrogens (tertiary/aromatic N) is 1. The summed E-state index contributed by atoms with van der Waals surface area (Å²) in [6.07, 6.45) is 2.73. The molecule has 1 atom stereocenters. The van der Waals surface area contributed by atoms with Gasteiger partial charge in [0.25, 0.3) is 0 Å². The molecule has 1 saturated heterocycles. The van der Waals surface area contributed by atoms with Gasteiger partial charge in [-0.25, -0.2) is 0 Å².